The van der Waals surface area contributed by atoms with Gasteiger partial charge in [0.15, 0.2) is 5.78 Å². The summed E-state index contributed by atoms with van der Waals surface area (Å²) < 4.78 is 26.9. The lowest BCUT2D eigenvalue weighted by Crippen LogP contribution is -2.37. The summed E-state index contributed by atoms with van der Waals surface area (Å²) in [5.41, 5.74) is 1.56. The molecule has 0 fully saturated rings. The Kier molecular flexibility index (Phi) is 4.48. The Balaban J connectivity index is 1.83. The molecule has 0 saturated carbocycles. The van der Waals surface area contributed by atoms with Crippen LogP contribution in [0.15, 0.2) is 58.3 Å². The average molecular weight is 347 g/mol. The van der Waals surface area contributed by atoms with E-state index >= 15 is 0 Å². The van der Waals surface area contributed by atoms with Gasteiger partial charge in [0.05, 0.1) is 9.77 Å². The molecule has 0 amide bonds. The van der Waals surface area contributed by atoms with E-state index in [1.165, 1.54) is 15.6 Å². The molecule has 1 aromatic heterocycles. The van der Waals surface area contributed by atoms with Gasteiger partial charge in [-0.25, -0.2) is 8.42 Å². The van der Waals surface area contributed by atoms with Crippen LogP contribution in [-0.4, -0.2) is 31.6 Å². The van der Waals surface area contributed by atoms with Crippen LogP contribution in [0.2, 0.25) is 0 Å². The molecule has 6 heteroatoms. The normalized spacial score (nSPS) is 16.1. The molecule has 0 spiro atoms. The number of Topliss-reactive ketones (excluding diaryl/α,β-unsaturated/α-hetero) is 1. The third-order valence-corrected chi connectivity index (χ3v) is 6.54. The number of hydrogen-bond acceptors (Lipinski definition) is 4. The first-order chi connectivity index (χ1) is 11.0. The Morgan fingerprint density at radius 1 is 1.17 bits per heavy atom. The number of ketones is 1. The molecule has 2 heterocycles. The van der Waals surface area contributed by atoms with Gasteiger partial charge in [0.2, 0.25) is 10.0 Å². The van der Waals surface area contributed by atoms with Gasteiger partial charge >= 0.3 is 0 Å². The van der Waals surface area contributed by atoms with Gasteiger partial charge in [-0.2, -0.15) is 4.31 Å². The van der Waals surface area contributed by atoms with Crippen molar-refractivity contribution in [3.63, 3.8) is 0 Å². The van der Waals surface area contributed by atoms with Gasteiger partial charge in [0, 0.05) is 18.7 Å². The second-order valence-corrected chi connectivity index (χ2v) is 8.36. The summed E-state index contributed by atoms with van der Waals surface area (Å²) in [5, 5.41) is 1.84. The van der Waals surface area contributed by atoms with E-state index in [2.05, 4.69) is 0 Å². The van der Waals surface area contributed by atoms with Crippen LogP contribution in [-0.2, 0) is 10.0 Å². The first-order valence-electron chi connectivity index (χ1n) is 7.32. The first-order valence-corrected chi connectivity index (χ1v) is 9.64. The zero-order valence-electron chi connectivity index (χ0n) is 12.7. The van der Waals surface area contributed by atoms with E-state index in [-0.39, 0.29) is 17.2 Å². The number of carbonyl (C=O) groups is 1. The van der Waals surface area contributed by atoms with Crippen molar-refractivity contribution in [3.8, 4) is 0 Å². The molecule has 23 heavy (non-hydrogen) atoms. The summed E-state index contributed by atoms with van der Waals surface area (Å²) in [4.78, 5) is 13.4. The number of aryl methyl sites for hydroxylation is 1. The fourth-order valence-electron chi connectivity index (χ4n) is 2.51. The fourth-order valence-corrected chi connectivity index (χ4v) is 4.64. The van der Waals surface area contributed by atoms with Gasteiger partial charge in [-0.3, -0.25) is 4.79 Å². The van der Waals surface area contributed by atoms with E-state index < -0.39 is 10.0 Å². The number of nitrogens with zero attached hydrogens (tertiary/aromatic N) is 1. The van der Waals surface area contributed by atoms with Gasteiger partial charge in [0.1, 0.15) is 0 Å². The Morgan fingerprint density at radius 2 is 1.91 bits per heavy atom. The summed E-state index contributed by atoms with van der Waals surface area (Å²) in [7, 11) is -3.57. The number of rotatable bonds is 4. The molecule has 1 aromatic carbocycles. The van der Waals surface area contributed by atoms with E-state index in [4.69, 9.17) is 0 Å². The predicted molar refractivity (Wildman–Crippen MR) is 91.3 cm³/mol. The molecule has 120 valence electrons. The van der Waals surface area contributed by atoms with Crippen LogP contribution in [0.5, 0.6) is 0 Å². The number of carbonyl (C=O) groups excluding carboxylic acids is 1. The largest absolute Gasteiger partial charge is 0.288 e. The SMILES string of the molecule is Cc1ccc(S(=O)(=O)N2CCC=C(C(=O)c3cccs3)C2)cc1. The summed E-state index contributed by atoms with van der Waals surface area (Å²) in [5.74, 6) is -0.0798. The molecule has 0 N–H and O–H groups in total. The standard InChI is InChI=1S/C17H17NO3S2/c1-13-6-8-15(9-7-13)23(20,21)18-10-2-4-14(12-18)17(19)16-5-3-11-22-16/h3-9,11H,2,10,12H2,1H3. The van der Waals surface area contributed by atoms with Gasteiger partial charge < -0.3 is 0 Å². The smallest absolute Gasteiger partial charge is 0.243 e. The number of benzene rings is 1. The van der Waals surface area contributed by atoms with Crippen molar-refractivity contribution in [2.75, 3.05) is 13.1 Å². The van der Waals surface area contributed by atoms with Crippen LogP contribution >= 0.6 is 11.3 Å². The molecular weight excluding hydrogens is 330 g/mol. The maximum Gasteiger partial charge on any atom is 0.243 e. The maximum atomic E-state index is 12.7. The van der Waals surface area contributed by atoms with Gasteiger partial charge in [-0.1, -0.05) is 29.8 Å². The Labute approximate surface area is 140 Å². The molecule has 0 aliphatic carbocycles. The van der Waals surface area contributed by atoms with Crippen molar-refractivity contribution in [3.05, 3.63) is 63.9 Å². The van der Waals surface area contributed by atoms with Crippen molar-refractivity contribution < 1.29 is 13.2 Å². The van der Waals surface area contributed by atoms with E-state index in [9.17, 15) is 13.2 Å². The topological polar surface area (TPSA) is 54.5 Å². The van der Waals surface area contributed by atoms with Crippen molar-refractivity contribution >= 4 is 27.1 Å². The first kappa shape index (κ1) is 16.1. The van der Waals surface area contributed by atoms with Crippen molar-refractivity contribution in [1.29, 1.82) is 0 Å². The minimum absolute atomic E-state index is 0.0798. The summed E-state index contributed by atoms with van der Waals surface area (Å²) in [6.07, 6.45) is 2.40. The average Bonchev–Trinajstić information content (AvgIpc) is 3.09. The van der Waals surface area contributed by atoms with Crippen LogP contribution in [0.3, 0.4) is 0 Å². The Bertz CT molecular complexity index is 834. The molecule has 0 bridgehead atoms. The lowest BCUT2D eigenvalue weighted by Gasteiger charge is -2.26. The number of sulfonamides is 1. The third kappa shape index (κ3) is 3.29. The molecule has 4 nitrogen and oxygen atoms in total. The summed E-state index contributed by atoms with van der Waals surface area (Å²) in [6, 6.07) is 10.4. The predicted octanol–water partition coefficient (Wildman–Crippen LogP) is 3.26. The highest BCUT2D eigenvalue weighted by Gasteiger charge is 2.29. The molecule has 0 radical (unpaired) electrons. The van der Waals surface area contributed by atoms with Crippen LogP contribution < -0.4 is 0 Å². The zero-order valence-corrected chi connectivity index (χ0v) is 14.4. The van der Waals surface area contributed by atoms with Crippen LogP contribution in [0, 0.1) is 6.92 Å². The second kappa shape index (κ2) is 6.39. The summed E-state index contributed by atoms with van der Waals surface area (Å²) in [6.45, 7) is 2.45. The summed E-state index contributed by atoms with van der Waals surface area (Å²) >= 11 is 1.37. The Morgan fingerprint density at radius 3 is 2.57 bits per heavy atom. The van der Waals surface area contributed by atoms with Crippen molar-refractivity contribution in [1.82, 2.24) is 4.31 Å². The van der Waals surface area contributed by atoms with E-state index in [1.54, 1.807) is 30.3 Å². The molecule has 3 rings (SSSR count). The van der Waals surface area contributed by atoms with Crippen LogP contribution in [0.25, 0.3) is 0 Å². The molecule has 1 aliphatic rings. The lowest BCUT2D eigenvalue weighted by molar-refractivity contribution is 0.103. The highest BCUT2D eigenvalue weighted by molar-refractivity contribution is 7.89. The fraction of sp³-hybridized carbons (Fsp3) is 0.235. The number of hydrogen-bond donors (Lipinski definition) is 0. The van der Waals surface area contributed by atoms with Crippen LogP contribution in [0.1, 0.15) is 21.7 Å². The minimum Gasteiger partial charge on any atom is -0.288 e. The highest BCUT2D eigenvalue weighted by Crippen LogP contribution is 2.24. The van der Waals surface area contributed by atoms with E-state index in [0.717, 1.165) is 5.56 Å². The van der Waals surface area contributed by atoms with Crippen molar-refractivity contribution in [2.24, 2.45) is 0 Å². The molecule has 2 aromatic rings. The molecule has 1 aliphatic heterocycles. The van der Waals surface area contributed by atoms with Crippen molar-refractivity contribution in [2.45, 2.75) is 18.2 Å². The third-order valence-electron chi connectivity index (χ3n) is 3.81. The number of thiophene rings is 1. The van der Waals surface area contributed by atoms with Gasteiger partial charge in [0.25, 0.3) is 0 Å². The van der Waals surface area contributed by atoms with Gasteiger partial charge in [-0.05, 0) is 36.9 Å². The van der Waals surface area contributed by atoms with E-state index in [0.29, 0.717) is 23.4 Å². The lowest BCUT2D eigenvalue weighted by atomic mass is 10.1. The minimum atomic E-state index is -3.57. The molecular formula is C17H17NO3S2. The second-order valence-electron chi connectivity index (χ2n) is 5.48. The monoisotopic (exact) mass is 347 g/mol. The van der Waals surface area contributed by atoms with Crippen LogP contribution in [0.4, 0.5) is 0 Å². The Hall–Kier alpha value is -1.76. The highest BCUT2D eigenvalue weighted by atomic mass is 32.2. The molecule has 0 atom stereocenters. The zero-order chi connectivity index (χ0) is 16.4. The molecule has 0 saturated heterocycles. The van der Waals surface area contributed by atoms with E-state index in [1.807, 2.05) is 24.4 Å². The molecule has 0 unspecified atom stereocenters. The maximum absolute atomic E-state index is 12.7. The quantitative estimate of drug-likeness (QED) is 0.798. The van der Waals surface area contributed by atoms with Gasteiger partial charge in [-0.15, -0.1) is 11.3 Å².